The molecular weight excluding hydrogens is 398 g/mol. The van der Waals surface area contributed by atoms with E-state index in [0.717, 1.165) is 16.5 Å². The minimum atomic E-state index is -0.770. The third-order valence-corrected chi connectivity index (χ3v) is 4.74. The van der Waals surface area contributed by atoms with Crippen LogP contribution in [0.15, 0.2) is 49.1 Å². The molecule has 3 aromatic heterocycles. The zero-order valence-electron chi connectivity index (χ0n) is 17.5. The van der Waals surface area contributed by atoms with E-state index in [1.165, 1.54) is 6.07 Å². The van der Waals surface area contributed by atoms with Crippen molar-refractivity contribution in [1.29, 1.82) is 0 Å². The molecule has 3 heterocycles. The van der Waals surface area contributed by atoms with E-state index in [2.05, 4.69) is 15.3 Å². The number of carbonyl (C=O) groups is 1. The molecule has 0 spiro atoms. The minimum absolute atomic E-state index is 0.0618. The number of aryl methyl sites for hydroxylation is 1. The number of nitrogens with zero attached hydrogens (tertiary/aromatic N) is 4. The highest BCUT2D eigenvalue weighted by molar-refractivity contribution is 6.04. The zero-order chi connectivity index (χ0) is 22.3. The van der Waals surface area contributed by atoms with Crippen LogP contribution in [0.3, 0.4) is 0 Å². The Balaban J connectivity index is 1.89. The molecule has 1 aromatic carbocycles. The smallest absolute Gasteiger partial charge is 0.412 e. The Hall–Kier alpha value is -4.01. The van der Waals surface area contributed by atoms with E-state index in [0.29, 0.717) is 16.6 Å². The van der Waals surface area contributed by atoms with Gasteiger partial charge in [0.1, 0.15) is 17.1 Å². The largest absolute Gasteiger partial charge is 0.444 e. The van der Waals surface area contributed by atoms with Gasteiger partial charge in [-0.2, -0.15) is 0 Å². The van der Waals surface area contributed by atoms with Crippen LogP contribution < -0.4 is 5.32 Å². The molecule has 31 heavy (non-hydrogen) atoms. The third kappa shape index (κ3) is 3.89. The molecule has 1 amide bonds. The lowest BCUT2D eigenvalue weighted by molar-refractivity contribution is -0.383. The number of rotatable bonds is 3. The average Bonchev–Trinajstić information content (AvgIpc) is 3.03. The van der Waals surface area contributed by atoms with Crippen LogP contribution in [0.5, 0.6) is 0 Å². The lowest BCUT2D eigenvalue weighted by atomic mass is 10.1. The predicted molar refractivity (Wildman–Crippen MR) is 118 cm³/mol. The third-order valence-electron chi connectivity index (χ3n) is 4.74. The van der Waals surface area contributed by atoms with Gasteiger partial charge in [0.15, 0.2) is 0 Å². The van der Waals surface area contributed by atoms with Gasteiger partial charge in [-0.15, -0.1) is 0 Å². The summed E-state index contributed by atoms with van der Waals surface area (Å²) in [5.41, 5.74) is 0.992. The molecule has 0 radical (unpaired) electrons. The summed E-state index contributed by atoms with van der Waals surface area (Å²) in [4.78, 5) is 32.2. The number of fused-ring (bicyclic) bond motifs is 2. The molecule has 0 aliphatic heterocycles. The molecule has 0 atom stereocenters. The molecule has 9 nitrogen and oxygen atoms in total. The maximum absolute atomic E-state index is 12.4. The van der Waals surface area contributed by atoms with Gasteiger partial charge in [-0.3, -0.25) is 25.0 Å². The second-order valence-electron chi connectivity index (χ2n) is 8.18. The first-order valence-corrected chi connectivity index (χ1v) is 9.63. The average molecular weight is 419 g/mol. The number of ether oxygens (including phenoxy) is 1. The summed E-state index contributed by atoms with van der Waals surface area (Å²) in [7, 11) is 0. The van der Waals surface area contributed by atoms with Gasteiger partial charge >= 0.3 is 6.09 Å². The number of anilines is 1. The van der Waals surface area contributed by atoms with Crippen LogP contribution in [0.2, 0.25) is 0 Å². The van der Waals surface area contributed by atoms with Crippen molar-refractivity contribution in [2.24, 2.45) is 0 Å². The van der Waals surface area contributed by atoms with E-state index in [-0.39, 0.29) is 11.4 Å². The summed E-state index contributed by atoms with van der Waals surface area (Å²) in [6.45, 7) is 7.15. The molecular formula is C22H21N5O4. The highest BCUT2D eigenvalue weighted by atomic mass is 16.6. The second-order valence-corrected chi connectivity index (χ2v) is 8.18. The van der Waals surface area contributed by atoms with Crippen molar-refractivity contribution in [2.75, 3.05) is 5.32 Å². The topological polar surface area (TPSA) is 112 Å². The molecule has 9 heteroatoms. The number of hydrogen-bond acceptors (Lipinski definition) is 6. The number of pyridine rings is 2. The van der Waals surface area contributed by atoms with Crippen LogP contribution in [0.4, 0.5) is 16.2 Å². The SMILES string of the molecule is Cc1cn(-c2cc3c(NC(=O)OC(C)(C)C)c([N+](=O)[O-])ccc3cn2)c2cnccc12. The molecule has 0 bridgehead atoms. The van der Waals surface area contributed by atoms with Gasteiger partial charge in [-0.25, -0.2) is 9.78 Å². The molecule has 0 saturated heterocycles. The Kier molecular flexibility index (Phi) is 4.81. The summed E-state index contributed by atoms with van der Waals surface area (Å²) in [5.74, 6) is 0.548. The van der Waals surface area contributed by atoms with Crippen molar-refractivity contribution in [2.45, 2.75) is 33.3 Å². The lowest BCUT2D eigenvalue weighted by Gasteiger charge is -2.20. The van der Waals surface area contributed by atoms with E-state index in [4.69, 9.17) is 4.74 Å². The van der Waals surface area contributed by atoms with Crippen molar-refractivity contribution in [3.63, 3.8) is 0 Å². The molecule has 0 aliphatic carbocycles. The van der Waals surface area contributed by atoms with Crippen molar-refractivity contribution < 1.29 is 14.5 Å². The van der Waals surface area contributed by atoms with Gasteiger partial charge in [0, 0.05) is 40.8 Å². The van der Waals surface area contributed by atoms with Crippen LogP contribution in [0, 0.1) is 17.0 Å². The van der Waals surface area contributed by atoms with Crippen molar-refractivity contribution in [3.05, 3.63) is 64.7 Å². The number of nitrogens with one attached hydrogen (secondary N) is 1. The maximum atomic E-state index is 12.4. The van der Waals surface area contributed by atoms with Gasteiger partial charge in [-0.05, 0) is 51.5 Å². The van der Waals surface area contributed by atoms with Crippen LogP contribution in [-0.2, 0) is 4.74 Å². The standard InChI is InChI=1S/C22H21N5O4/c1-13-12-26(18-11-23-8-7-15(13)18)19-9-16-14(10-24-19)5-6-17(27(29)30)20(16)25-21(28)31-22(2,3)4/h5-12H,1-4H3,(H,25,28). The van der Waals surface area contributed by atoms with Crippen LogP contribution in [0.25, 0.3) is 27.5 Å². The summed E-state index contributed by atoms with van der Waals surface area (Å²) in [6, 6.07) is 6.57. The molecule has 1 N–H and O–H groups in total. The molecule has 0 unspecified atom stereocenters. The summed E-state index contributed by atoms with van der Waals surface area (Å²) in [5, 5.41) is 16.4. The van der Waals surface area contributed by atoms with Gasteiger partial charge in [0.05, 0.1) is 16.6 Å². The fourth-order valence-corrected chi connectivity index (χ4v) is 3.45. The Labute approximate surface area is 177 Å². The fourth-order valence-electron chi connectivity index (χ4n) is 3.45. The number of amides is 1. The van der Waals surface area contributed by atoms with E-state index in [1.54, 1.807) is 51.5 Å². The Morgan fingerprint density at radius 1 is 1.19 bits per heavy atom. The first kappa shape index (κ1) is 20.3. The predicted octanol–water partition coefficient (Wildman–Crippen LogP) is 5.14. The molecule has 158 valence electrons. The fraction of sp³-hybridized carbons (Fsp3) is 0.227. The first-order valence-electron chi connectivity index (χ1n) is 9.63. The molecule has 0 aliphatic rings. The first-order chi connectivity index (χ1) is 14.6. The molecule has 0 fully saturated rings. The second kappa shape index (κ2) is 7.35. The summed E-state index contributed by atoms with van der Waals surface area (Å²) >= 11 is 0. The Morgan fingerprint density at radius 2 is 1.97 bits per heavy atom. The van der Waals surface area contributed by atoms with Crippen molar-refractivity contribution in [1.82, 2.24) is 14.5 Å². The van der Waals surface area contributed by atoms with E-state index in [1.807, 2.05) is 23.8 Å². The zero-order valence-corrected chi connectivity index (χ0v) is 17.5. The number of nitro benzene ring substituents is 1. The molecule has 0 saturated carbocycles. The van der Waals surface area contributed by atoms with E-state index >= 15 is 0 Å². The highest BCUT2D eigenvalue weighted by Gasteiger charge is 2.23. The van der Waals surface area contributed by atoms with Crippen LogP contribution in [0.1, 0.15) is 26.3 Å². The van der Waals surface area contributed by atoms with E-state index in [9.17, 15) is 14.9 Å². The number of carbonyl (C=O) groups excluding carboxylic acids is 1. The summed E-state index contributed by atoms with van der Waals surface area (Å²) in [6.07, 6.45) is 6.24. The number of hydrogen-bond donors (Lipinski definition) is 1. The molecule has 4 rings (SSSR count). The van der Waals surface area contributed by atoms with Gasteiger partial charge in [0.2, 0.25) is 0 Å². The van der Waals surface area contributed by atoms with Gasteiger partial charge < -0.3 is 4.74 Å². The van der Waals surface area contributed by atoms with E-state index < -0.39 is 16.6 Å². The summed E-state index contributed by atoms with van der Waals surface area (Å²) < 4.78 is 7.17. The molecule has 4 aromatic rings. The number of benzene rings is 1. The minimum Gasteiger partial charge on any atom is -0.444 e. The Bertz CT molecular complexity index is 1340. The van der Waals surface area contributed by atoms with Crippen molar-refractivity contribution in [3.8, 4) is 5.82 Å². The van der Waals surface area contributed by atoms with Gasteiger partial charge in [0.25, 0.3) is 5.69 Å². The van der Waals surface area contributed by atoms with Crippen molar-refractivity contribution >= 4 is 39.1 Å². The number of aromatic nitrogens is 3. The number of nitro groups is 1. The normalized spacial score (nSPS) is 11.6. The monoisotopic (exact) mass is 419 g/mol. The highest BCUT2D eigenvalue weighted by Crippen LogP contribution is 2.35. The maximum Gasteiger partial charge on any atom is 0.412 e. The van der Waals surface area contributed by atoms with Crippen LogP contribution in [-0.4, -0.2) is 31.2 Å². The van der Waals surface area contributed by atoms with Gasteiger partial charge in [-0.1, -0.05) is 0 Å². The quantitative estimate of drug-likeness (QED) is 0.363. The Morgan fingerprint density at radius 3 is 2.68 bits per heavy atom. The van der Waals surface area contributed by atoms with Crippen LogP contribution >= 0.6 is 0 Å². The lowest BCUT2D eigenvalue weighted by Crippen LogP contribution is -2.27.